The summed E-state index contributed by atoms with van der Waals surface area (Å²) in [6.07, 6.45) is 0. The maximum atomic E-state index is 12.0. The highest BCUT2D eigenvalue weighted by atomic mass is 16.5. The summed E-state index contributed by atoms with van der Waals surface area (Å²) >= 11 is 0. The van der Waals surface area contributed by atoms with Crippen molar-refractivity contribution in [1.29, 1.82) is 0 Å². The Hall–Kier alpha value is -2.66. The second kappa shape index (κ2) is 6.49. The highest BCUT2D eigenvalue weighted by Gasteiger charge is 2.10. The molecule has 3 N–H and O–H groups in total. The van der Waals surface area contributed by atoms with Crippen LogP contribution >= 0.6 is 0 Å². The Morgan fingerprint density at radius 2 is 1.70 bits per heavy atom. The quantitative estimate of drug-likeness (QED) is 0.446. The lowest BCUT2D eigenvalue weighted by Crippen LogP contribution is -2.33. The maximum Gasteiger partial charge on any atom is 0.293 e. The average Bonchev–Trinajstić information content (AvgIpc) is 2.47. The van der Waals surface area contributed by atoms with Crippen molar-refractivity contribution in [3.63, 3.8) is 0 Å². The Morgan fingerprint density at radius 3 is 2.30 bits per heavy atom. The van der Waals surface area contributed by atoms with Crippen LogP contribution in [0.5, 0.6) is 0 Å². The molecule has 1 amide bonds. The third-order valence-electron chi connectivity index (χ3n) is 2.63. The molecule has 0 spiro atoms. The van der Waals surface area contributed by atoms with E-state index < -0.39 is 5.91 Å². The smallest absolute Gasteiger partial charge is 0.293 e. The van der Waals surface area contributed by atoms with Gasteiger partial charge in [0.1, 0.15) is 0 Å². The predicted octanol–water partition coefficient (Wildman–Crippen LogP) is 2.64. The van der Waals surface area contributed by atoms with Gasteiger partial charge in [0.15, 0.2) is 0 Å². The third kappa shape index (κ3) is 3.66. The summed E-state index contributed by atoms with van der Waals surface area (Å²) in [5.74, 6) is -0.683. The van der Waals surface area contributed by atoms with Gasteiger partial charge in [-0.25, -0.2) is 10.5 Å². The van der Waals surface area contributed by atoms with E-state index in [-0.39, 0.29) is 5.84 Å². The number of benzene rings is 2. The molecule has 2 rings (SSSR count). The van der Waals surface area contributed by atoms with Crippen LogP contribution in [0.4, 0.5) is 11.4 Å². The number of anilines is 1. The molecule has 20 heavy (non-hydrogen) atoms. The number of rotatable bonds is 2. The largest absolute Gasteiger partial charge is 0.319 e. The first kappa shape index (κ1) is 13.8. The van der Waals surface area contributed by atoms with Crippen LogP contribution in [-0.2, 0) is 4.79 Å². The van der Waals surface area contributed by atoms with Crippen molar-refractivity contribution in [3.8, 4) is 0 Å². The Morgan fingerprint density at radius 1 is 1.05 bits per heavy atom. The van der Waals surface area contributed by atoms with Crippen molar-refractivity contribution < 1.29 is 10.0 Å². The molecule has 0 saturated heterocycles. The molecule has 0 saturated carbocycles. The zero-order chi connectivity index (χ0) is 14.4. The van der Waals surface area contributed by atoms with Crippen molar-refractivity contribution in [1.82, 2.24) is 5.48 Å². The molecule has 5 nitrogen and oxygen atoms in total. The Balaban J connectivity index is 2.15. The van der Waals surface area contributed by atoms with Gasteiger partial charge in [-0.15, -0.1) is 0 Å². The number of aryl methyl sites for hydroxylation is 1. The van der Waals surface area contributed by atoms with Crippen molar-refractivity contribution in [3.05, 3.63) is 60.2 Å². The first-order valence-electron chi connectivity index (χ1n) is 6.11. The number of nitrogens with one attached hydrogen (secondary N) is 2. The standard InChI is InChI=1S/C15H15N3O2/c1-11-7-9-13(10-8-11)16-14(18-20)15(19)17-12-5-3-2-4-6-12/h2-10,20H,1H3,(H,16,18)(H,17,19). The molecule has 2 aromatic rings. The lowest BCUT2D eigenvalue weighted by Gasteiger charge is -2.06. The molecule has 0 aromatic heterocycles. The fourth-order valence-electron chi connectivity index (χ4n) is 1.59. The number of aliphatic imine (C=N–C) groups is 1. The fraction of sp³-hybridized carbons (Fsp3) is 0.0667. The summed E-state index contributed by atoms with van der Waals surface area (Å²) in [5.41, 5.74) is 4.12. The van der Waals surface area contributed by atoms with E-state index in [0.717, 1.165) is 5.56 Å². The molecular formula is C15H15N3O2. The maximum absolute atomic E-state index is 12.0. The normalized spacial score (nSPS) is 11.0. The number of hydroxylamine groups is 1. The zero-order valence-corrected chi connectivity index (χ0v) is 11.0. The van der Waals surface area contributed by atoms with Crippen LogP contribution in [0.15, 0.2) is 59.6 Å². The van der Waals surface area contributed by atoms with Crippen molar-refractivity contribution in [2.75, 3.05) is 5.32 Å². The van der Waals surface area contributed by atoms with E-state index in [1.165, 1.54) is 0 Å². The van der Waals surface area contributed by atoms with E-state index in [9.17, 15) is 4.79 Å². The SMILES string of the molecule is Cc1ccc(N=C(NO)C(=O)Nc2ccccc2)cc1. The summed E-state index contributed by atoms with van der Waals surface area (Å²) in [7, 11) is 0. The molecule has 0 aliphatic rings. The molecule has 0 heterocycles. The summed E-state index contributed by atoms with van der Waals surface area (Å²) in [4.78, 5) is 16.0. The van der Waals surface area contributed by atoms with Gasteiger partial charge in [0.05, 0.1) is 5.69 Å². The van der Waals surface area contributed by atoms with Crippen LogP contribution < -0.4 is 10.8 Å². The number of hydrogen-bond donors (Lipinski definition) is 3. The Labute approximate surface area is 116 Å². The minimum absolute atomic E-state index is 0.169. The van der Waals surface area contributed by atoms with E-state index in [1.807, 2.05) is 30.6 Å². The molecule has 0 fully saturated rings. The van der Waals surface area contributed by atoms with Crippen molar-refractivity contribution in [2.45, 2.75) is 6.92 Å². The predicted molar refractivity (Wildman–Crippen MR) is 78.3 cm³/mol. The van der Waals surface area contributed by atoms with E-state index in [4.69, 9.17) is 5.21 Å². The van der Waals surface area contributed by atoms with Crippen LogP contribution in [0.25, 0.3) is 0 Å². The van der Waals surface area contributed by atoms with Gasteiger partial charge in [-0.05, 0) is 31.2 Å². The summed E-state index contributed by atoms with van der Waals surface area (Å²) in [5, 5.41) is 11.7. The van der Waals surface area contributed by atoms with Crippen molar-refractivity contribution in [2.24, 2.45) is 4.99 Å². The van der Waals surface area contributed by atoms with E-state index in [1.54, 1.807) is 36.4 Å². The van der Waals surface area contributed by atoms with Crippen LogP contribution in [-0.4, -0.2) is 17.0 Å². The molecule has 2 aromatic carbocycles. The molecule has 0 bridgehead atoms. The van der Waals surface area contributed by atoms with Gasteiger partial charge >= 0.3 is 0 Å². The number of amides is 1. The minimum Gasteiger partial charge on any atom is -0.319 e. The second-order valence-electron chi connectivity index (χ2n) is 4.23. The number of hydrogen-bond acceptors (Lipinski definition) is 3. The third-order valence-corrected chi connectivity index (χ3v) is 2.63. The lowest BCUT2D eigenvalue weighted by atomic mass is 10.2. The number of para-hydroxylation sites is 1. The summed E-state index contributed by atoms with van der Waals surface area (Å²) in [6, 6.07) is 16.2. The highest BCUT2D eigenvalue weighted by Crippen LogP contribution is 2.13. The molecule has 0 aliphatic carbocycles. The number of amidine groups is 1. The summed E-state index contributed by atoms with van der Waals surface area (Å²) in [6.45, 7) is 1.96. The average molecular weight is 269 g/mol. The molecule has 102 valence electrons. The van der Waals surface area contributed by atoms with Gasteiger partial charge in [-0.1, -0.05) is 35.9 Å². The Kier molecular flexibility index (Phi) is 4.47. The van der Waals surface area contributed by atoms with Gasteiger partial charge in [-0.2, -0.15) is 0 Å². The van der Waals surface area contributed by atoms with Gasteiger partial charge in [0.2, 0.25) is 5.84 Å². The molecule has 0 aliphatic heterocycles. The first-order chi connectivity index (χ1) is 9.69. The highest BCUT2D eigenvalue weighted by molar-refractivity contribution is 6.42. The number of carbonyl (C=O) groups is 1. The van der Waals surface area contributed by atoms with Crippen molar-refractivity contribution >= 4 is 23.1 Å². The van der Waals surface area contributed by atoms with Crippen LogP contribution in [0.2, 0.25) is 0 Å². The molecule has 0 unspecified atom stereocenters. The molecule has 0 radical (unpaired) electrons. The van der Waals surface area contributed by atoms with Crippen LogP contribution in [0, 0.1) is 6.92 Å². The fourth-order valence-corrected chi connectivity index (χ4v) is 1.59. The van der Waals surface area contributed by atoms with Crippen LogP contribution in [0.1, 0.15) is 5.56 Å². The molecular weight excluding hydrogens is 254 g/mol. The van der Waals surface area contributed by atoms with E-state index in [0.29, 0.717) is 11.4 Å². The molecule has 0 atom stereocenters. The molecule has 5 heteroatoms. The van der Waals surface area contributed by atoms with Gasteiger partial charge in [0, 0.05) is 5.69 Å². The topological polar surface area (TPSA) is 73.7 Å². The van der Waals surface area contributed by atoms with E-state index in [2.05, 4.69) is 10.3 Å². The number of carbonyl (C=O) groups excluding carboxylic acids is 1. The monoisotopic (exact) mass is 269 g/mol. The van der Waals surface area contributed by atoms with Gasteiger partial charge in [-0.3, -0.25) is 10.0 Å². The Bertz CT molecular complexity index is 607. The second-order valence-corrected chi connectivity index (χ2v) is 4.23. The van der Waals surface area contributed by atoms with E-state index >= 15 is 0 Å². The minimum atomic E-state index is -0.515. The van der Waals surface area contributed by atoms with Gasteiger partial charge < -0.3 is 5.32 Å². The summed E-state index contributed by atoms with van der Waals surface area (Å²) < 4.78 is 0. The van der Waals surface area contributed by atoms with Crippen LogP contribution in [0.3, 0.4) is 0 Å². The first-order valence-corrected chi connectivity index (χ1v) is 6.11. The van der Waals surface area contributed by atoms with Gasteiger partial charge in [0.25, 0.3) is 5.91 Å². The lowest BCUT2D eigenvalue weighted by molar-refractivity contribution is -0.110. The number of nitrogens with zero attached hydrogens (tertiary/aromatic N) is 1. The zero-order valence-electron chi connectivity index (χ0n) is 11.0.